The van der Waals surface area contributed by atoms with E-state index >= 15 is 0 Å². The maximum absolute atomic E-state index is 13.7. The number of nitriles is 1. The van der Waals surface area contributed by atoms with Crippen LogP contribution in [0.3, 0.4) is 0 Å². The molecule has 0 amide bonds. The summed E-state index contributed by atoms with van der Waals surface area (Å²) in [7, 11) is 1.41. The molecule has 2 rings (SSSR count). The van der Waals surface area contributed by atoms with Crippen molar-refractivity contribution in [1.29, 1.82) is 5.26 Å². The molecule has 0 spiro atoms. The Hall–Kier alpha value is -2.48. The van der Waals surface area contributed by atoms with Gasteiger partial charge in [-0.25, -0.2) is 4.39 Å². The summed E-state index contributed by atoms with van der Waals surface area (Å²) in [6.07, 6.45) is 1.56. The number of anilines is 1. The molecular weight excluding hydrogens is 247 g/mol. The summed E-state index contributed by atoms with van der Waals surface area (Å²) in [5.74, 6) is 0.438. The minimum atomic E-state index is -0.456. The van der Waals surface area contributed by atoms with Gasteiger partial charge in [0.15, 0.2) is 11.6 Å². The first-order chi connectivity index (χ1) is 9.24. The molecule has 0 aliphatic rings. The van der Waals surface area contributed by atoms with Crippen molar-refractivity contribution in [3.05, 3.63) is 48.2 Å². The second-order valence-corrected chi connectivity index (χ2v) is 3.91. The van der Waals surface area contributed by atoms with Gasteiger partial charge in [-0.05, 0) is 24.3 Å². The highest BCUT2D eigenvalue weighted by Crippen LogP contribution is 2.24. The fourth-order valence-corrected chi connectivity index (χ4v) is 1.77. The first kappa shape index (κ1) is 13.0. The molecule has 2 aromatic rings. The molecule has 19 heavy (non-hydrogen) atoms. The largest absolute Gasteiger partial charge is 0.494 e. The summed E-state index contributed by atoms with van der Waals surface area (Å²) in [4.78, 5) is 1.72. The van der Waals surface area contributed by atoms with Crippen LogP contribution in [0.25, 0.3) is 0 Å². The average molecular weight is 260 g/mol. The predicted molar refractivity (Wildman–Crippen MR) is 68.3 cm³/mol. The van der Waals surface area contributed by atoms with Crippen LogP contribution in [0.4, 0.5) is 10.1 Å². The van der Waals surface area contributed by atoms with Gasteiger partial charge in [0.05, 0.1) is 26.0 Å². The van der Waals surface area contributed by atoms with E-state index in [4.69, 9.17) is 14.4 Å². The molecular formula is C14H13FN2O2. The Balaban J connectivity index is 2.23. The lowest BCUT2D eigenvalue weighted by Crippen LogP contribution is -2.22. The van der Waals surface area contributed by atoms with E-state index in [1.54, 1.807) is 23.3 Å². The molecule has 0 aliphatic heterocycles. The summed E-state index contributed by atoms with van der Waals surface area (Å²) in [6, 6.07) is 10.2. The maximum atomic E-state index is 13.7. The van der Waals surface area contributed by atoms with E-state index in [0.29, 0.717) is 18.0 Å². The highest BCUT2D eigenvalue weighted by Gasteiger charge is 2.11. The molecule has 0 radical (unpaired) electrons. The van der Waals surface area contributed by atoms with Gasteiger partial charge in [-0.3, -0.25) is 0 Å². The summed E-state index contributed by atoms with van der Waals surface area (Å²) in [5.41, 5.74) is 0.608. The molecule has 1 aromatic carbocycles. The van der Waals surface area contributed by atoms with Crippen LogP contribution >= 0.6 is 0 Å². The molecule has 5 heteroatoms. The standard InChI is InChI=1S/C14H13FN2O2/c1-18-14-5-4-11(9-13(14)15)17(7-6-16)10-12-3-2-8-19-12/h2-5,8-9H,7,10H2,1H3. The van der Waals surface area contributed by atoms with Gasteiger partial charge in [-0.15, -0.1) is 0 Å². The van der Waals surface area contributed by atoms with Gasteiger partial charge in [-0.1, -0.05) is 0 Å². The Labute approximate surface area is 110 Å². The number of hydrogen-bond acceptors (Lipinski definition) is 4. The van der Waals surface area contributed by atoms with Gasteiger partial charge in [-0.2, -0.15) is 5.26 Å². The van der Waals surface area contributed by atoms with Crippen LogP contribution in [0.2, 0.25) is 0 Å². The third-order valence-electron chi connectivity index (χ3n) is 2.69. The van der Waals surface area contributed by atoms with Crippen LogP contribution in [0.1, 0.15) is 5.76 Å². The van der Waals surface area contributed by atoms with Crippen LogP contribution in [0, 0.1) is 17.1 Å². The van der Waals surface area contributed by atoms with Crippen LogP contribution in [0.5, 0.6) is 5.75 Å². The quantitative estimate of drug-likeness (QED) is 0.775. The van der Waals surface area contributed by atoms with Gasteiger partial charge in [0.1, 0.15) is 12.3 Å². The van der Waals surface area contributed by atoms with E-state index in [9.17, 15) is 4.39 Å². The van der Waals surface area contributed by atoms with Crippen LogP contribution in [0.15, 0.2) is 41.0 Å². The number of furan rings is 1. The number of benzene rings is 1. The lowest BCUT2D eigenvalue weighted by Gasteiger charge is -2.20. The topological polar surface area (TPSA) is 49.4 Å². The Kier molecular flexibility index (Phi) is 4.04. The van der Waals surface area contributed by atoms with Crippen LogP contribution in [-0.4, -0.2) is 13.7 Å². The number of nitrogens with zero attached hydrogens (tertiary/aromatic N) is 2. The van der Waals surface area contributed by atoms with Gasteiger partial charge in [0, 0.05) is 11.8 Å². The maximum Gasteiger partial charge on any atom is 0.167 e. The number of ether oxygens (including phenoxy) is 1. The van der Waals surface area contributed by atoms with Crippen molar-refractivity contribution in [1.82, 2.24) is 0 Å². The number of halogens is 1. The zero-order chi connectivity index (χ0) is 13.7. The lowest BCUT2D eigenvalue weighted by atomic mass is 10.2. The predicted octanol–water partition coefficient (Wildman–Crippen LogP) is 2.96. The molecule has 0 unspecified atom stereocenters. The van der Waals surface area contributed by atoms with Crippen molar-refractivity contribution in [3.8, 4) is 11.8 Å². The van der Waals surface area contributed by atoms with Crippen molar-refractivity contribution in [2.24, 2.45) is 0 Å². The number of methoxy groups -OCH3 is 1. The zero-order valence-corrected chi connectivity index (χ0v) is 10.5. The van der Waals surface area contributed by atoms with Crippen molar-refractivity contribution in [2.75, 3.05) is 18.6 Å². The SMILES string of the molecule is COc1ccc(N(CC#N)Cc2ccco2)cc1F. The van der Waals surface area contributed by atoms with E-state index < -0.39 is 5.82 Å². The summed E-state index contributed by atoms with van der Waals surface area (Å²) < 4.78 is 23.8. The number of rotatable bonds is 5. The second-order valence-electron chi connectivity index (χ2n) is 3.91. The molecule has 0 saturated carbocycles. The molecule has 0 saturated heterocycles. The molecule has 0 atom stereocenters. The number of hydrogen-bond donors (Lipinski definition) is 0. The van der Waals surface area contributed by atoms with Crippen molar-refractivity contribution < 1.29 is 13.5 Å². The van der Waals surface area contributed by atoms with Crippen molar-refractivity contribution >= 4 is 5.69 Å². The summed E-state index contributed by atoms with van der Waals surface area (Å²) in [5, 5.41) is 8.86. The molecule has 0 aliphatic carbocycles. The van der Waals surface area contributed by atoms with Gasteiger partial charge < -0.3 is 14.1 Å². The third-order valence-corrected chi connectivity index (χ3v) is 2.69. The van der Waals surface area contributed by atoms with Gasteiger partial charge in [0.25, 0.3) is 0 Å². The minimum Gasteiger partial charge on any atom is -0.494 e. The molecule has 0 bridgehead atoms. The van der Waals surface area contributed by atoms with Crippen LogP contribution in [-0.2, 0) is 6.54 Å². The Bertz CT molecular complexity index is 576. The molecule has 1 heterocycles. The monoisotopic (exact) mass is 260 g/mol. The van der Waals surface area contributed by atoms with Crippen LogP contribution < -0.4 is 9.64 Å². The Morgan fingerprint density at radius 2 is 2.26 bits per heavy atom. The first-order valence-electron chi connectivity index (χ1n) is 5.72. The van der Waals surface area contributed by atoms with Gasteiger partial charge >= 0.3 is 0 Å². The van der Waals surface area contributed by atoms with Crippen molar-refractivity contribution in [3.63, 3.8) is 0 Å². The summed E-state index contributed by atoms with van der Waals surface area (Å²) in [6.45, 7) is 0.554. The normalized spacial score (nSPS) is 9.95. The molecule has 0 fully saturated rings. The molecule has 4 nitrogen and oxygen atoms in total. The lowest BCUT2D eigenvalue weighted by molar-refractivity contribution is 0.386. The fraction of sp³-hybridized carbons (Fsp3) is 0.214. The van der Waals surface area contributed by atoms with E-state index in [0.717, 1.165) is 0 Å². The smallest absolute Gasteiger partial charge is 0.167 e. The highest BCUT2D eigenvalue weighted by atomic mass is 19.1. The minimum absolute atomic E-state index is 0.145. The van der Waals surface area contributed by atoms with E-state index in [1.165, 1.54) is 19.2 Å². The molecule has 1 aromatic heterocycles. The van der Waals surface area contributed by atoms with E-state index in [-0.39, 0.29) is 12.3 Å². The molecule has 98 valence electrons. The summed E-state index contributed by atoms with van der Waals surface area (Å²) >= 11 is 0. The molecule has 0 N–H and O–H groups in total. The van der Waals surface area contributed by atoms with Gasteiger partial charge in [0.2, 0.25) is 0 Å². The fourth-order valence-electron chi connectivity index (χ4n) is 1.77. The third kappa shape index (κ3) is 3.05. The second kappa shape index (κ2) is 5.91. The Morgan fingerprint density at radius 1 is 1.42 bits per heavy atom. The van der Waals surface area contributed by atoms with E-state index in [1.807, 2.05) is 6.07 Å². The first-order valence-corrected chi connectivity index (χ1v) is 5.72. The van der Waals surface area contributed by atoms with E-state index in [2.05, 4.69) is 6.07 Å². The Morgan fingerprint density at radius 3 is 2.84 bits per heavy atom. The van der Waals surface area contributed by atoms with Crippen molar-refractivity contribution in [2.45, 2.75) is 6.54 Å². The average Bonchev–Trinajstić information content (AvgIpc) is 2.91. The zero-order valence-electron chi connectivity index (χ0n) is 10.5. The highest BCUT2D eigenvalue weighted by molar-refractivity contribution is 5.50.